The minimum Gasteiger partial charge on any atom is -0.397 e. The Morgan fingerprint density at radius 3 is 2.14 bits per heavy atom. The number of aryl methyl sites for hydroxylation is 3. The predicted octanol–water partition coefficient (Wildman–Crippen LogP) is 5.46. The number of nitrogen functional groups attached to an aromatic ring is 1. The van der Waals surface area contributed by atoms with E-state index in [1.54, 1.807) is 0 Å². The van der Waals surface area contributed by atoms with Crippen molar-refractivity contribution in [2.24, 2.45) is 0 Å². The van der Waals surface area contributed by atoms with Crippen molar-refractivity contribution in [2.75, 3.05) is 11.1 Å². The summed E-state index contributed by atoms with van der Waals surface area (Å²) in [5.41, 5.74) is 14.6. The van der Waals surface area contributed by atoms with E-state index in [0.717, 1.165) is 29.8 Å². The fourth-order valence-electron chi connectivity index (χ4n) is 3.23. The lowest BCUT2D eigenvalue weighted by Crippen LogP contribution is -2.18. The van der Waals surface area contributed by atoms with Crippen LogP contribution in [0.25, 0.3) is 11.1 Å². The van der Waals surface area contributed by atoms with Crippen LogP contribution in [-0.4, -0.2) is 6.04 Å². The summed E-state index contributed by atoms with van der Waals surface area (Å²) >= 11 is 0. The molecule has 118 valence electrons. The lowest BCUT2D eigenvalue weighted by Gasteiger charge is -2.21. The van der Waals surface area contributed by atoms with E-state index < -0.39 is 0 Å². The quantitative estimate of drug-likeness (QED) is 0.719. The maximum atomic E-state index is 6.49. The van der Waals surface area contributed by atoms with E-state index in [2.05, 4.69) is 70.3 Å². The molecule has 0 radical (unpaired) electrons. The van der Waals surface area contributed by atoms with Gasteiger partial charge < -0.3 is 11.1 Å². The number of rotatable bonds is 5. The Balaban J connectivity index is 2.50. The van der Waals surface area contributed by atoms with Gasteiger partial charge in [0.25, 0.3) is 0 Å². The van der Waals surface area contributed by atoms with Crippen LogP contribution in [0.1, 0.15) is 43.4 Å². The number of anilines is 2. The van der Waals surface area contributed by atoms with Crippen LogP contribution in [0, 0.1) is 20.8 Å². The average Bonchev–Trinajstić information content (AvgIpc) is 2.46. The van der Waals surface area contributed by atoms with Crippen LogP contribution in [0.5, 0.6) is 0 Å². The molecule has 0 aliphatic rings. The van der Waals surface area contributed by atoms with Crippen LogP contribution in [0.3, 0.4) is 0 Å². The van der Waals surface area contributed by atoms with Crippen molar-refractivity contribution in [1.29, 1.82) is 0 Å². The van der Waals surface area contributed by atoms with Crippen LogP contribution >= 0.6 is 0 Å². The molecule has 0 aliphatic carbocycles. The van der Waals surface area contributed by atoms with Gasteiger partial charge in [-0.1, -0.05) is 43.7 Å². The van der Waals surface area contributed by atoms with Gasteiger partial charge in [0.15, 0.2) is 0 Å². The van der Waals surface area contributed by atoms with Gasteiger partial charge in [0, 0.05) is 11.6 Å². The Bertz CT molecular complexity index is 632. The van der Waals surface area contributed by atoms with Crippen LogP contribution < -0.4 is 11.1 Å². The molecule has 0 saturated heterocycles. The van der Waals surface area contributed by atoms with Crippen LogP contribution in [0.4, 0.5) is 11.4 Å². The number of benzene rings is 2. The zero-order valence-corrected chi connectivity index (χ0v) is 14.5. The summed E-state index contributed by atoms with van der Waals surface area (Å²) in [6.07, 6.45) is 2.20. The largest absolute Gasteiger partial charge is 0.397 e. The van der Waals surface area contributed by atoms with Crippen LogP contribution in [-0.2, 0) is 0 Å². The highest BCUT2D eigenvalue weighted by Gasteiger charge is 2.13. The highest BCUT2D eigenvalue weighted by molar-refractivity contribution is 5.88. The molecule has 0 heterocycles. The first-order valence-corrected chi connectivity index (χ1v) is 8.21. The van der Waals surface area contributed by atoms with Gasteiger partial charge in [0.2, 0.25) is 0 Å². The molecule has 22 heavy (non-hydrogen) atoms. The molecule has 0 bridgehead atoms. The van der Waals surface area contributed by atoms with Crippen molar-refractivity contribution in [3.63, 3.8) is 0 Å². The molecule has 2 nitrogen and oxygen atoms in total. The van der Waals surface area contributed by atoms with E-state index in [9.17, 15) is 0 Å². The van der Waals surface area contributed by atoms with Gasteiger partial charge in [-0.05, 0) is 56.4 Å². The van der Waals surface area contributed by atoms with Crippen molar-refractivity contribution in [3.05, 3.63) is 47.0 Å². The Kier molecular flexibility index (Phi) is 5.12. The highest BCUT2D eigenvalue weighted by Crippen LogP contribution is 2.36. The molecule has 0 aromatic heterocycles. The summed E-state index contributed by atoms with van der Waals surface area (Å²) in [5, 5.41) is 3.58. The van der Waals surface area contributed by atoms with E-state index >= 15 is 0 Å². The van der Waals surface area contributed by atoms with Gasteiger partial charge in [-0.25, -0.2) is 0 Å². The van der Waals surface area contributed by atoms with E-state index in [0.29, 0.717) is 6.04 Å². The smallest absolute Gasteiger partial charge is 0.0629 e. The van der Waals surface area contributed by atoms with E-state index in [4.69, 9.17) is 5.73 Å². The first kappa shape index (κ1) is 16.4. The molecule has 2 aromatic carbocycles. The summed E-state index contributed by atoms with van der Waals surface area (Å²) < 4.78 is 0. The molecule has 2 aromatic rings. The second-order valence-electron chi connectivity index (χ2n) is 6.20. The first-order chi connectivity index (χ1) is 10.5. The number of hydrogen-bond donors (Lipinski definition) is 2. The summed E-state index contributed by atoms with van der Waals surface area (Å²) in [5.74, 6) is 0. The van der Waals surface area contributed by atoms with Gasteiger partial charge in [0.1, 0.15) is 0 Å². The summed E-state index contributed by atoms with van der Waals surface area (Å²) in [6, 6.07) is 11.2. The minimum absolute atomic E-state index is 0.470. The van der Waals surface area contributed by atoms with E-state index in [1.807, 2.05) is 0 Å². The molecule has 0 saturated carbocycles. The van der Waals surface area contributed by atoms with Crippen molar-refractivity contribution in [3.8, 4) is 11.1 Å². The summed E-state index contributed by atoms with van der Waals surface area (Å²) in [4.78, 5) is 0. The second-order valence-corrected chi connectivity index (χ2v) is 6.20. The molecule has 3 N–H and O–H groups in total. The van der Waals surface area contributed by atoms with Gasteiger partial charge in [0.05, 0.1) is 11.4 Å². The molecule has 0 amide bonds. The number of nitrogens with one attached hydrogen (secondary N) is 1. The molecular weight excluding hydrogens is 268 g/mol. The maximum Gasteiger partial charge on any atom is 0.0629 e. The molecular formula is C20H28N2. The summed E-state index contributed by atoms with van der Waals surface area (Å²) in [7, 11) is 0. The molecule has 2 heteroatoms. The van der Waals surface area contributed by atoms with Crippen LogP contribution in [0.2, 0.25) is 0 Å². The predicted molar refractivity (Wildman–Crippen MR) is 98.5 cm³/mol. The third-order valence-electron chi connectivity index (χ3n) is 4.40. The lowest BCUT2D eigenvalue weighted by atomic mass is 9.92. The van der Waals surface area contributed by atoms with Gasteiger partial charge in [-0.15, -0.1) is 0 Å². The Morgan fingerprint density at radius 2 is 1.59 bits per heavy atom. The number of nitrogens with two attached hydrogens (primary N) is 1. The molecule has 2 rings (SSSR count). The fourth-order valence-corrected chi connectivity index (χ4v) is 3.23. The topological polar surface area (TPSA) is 38.0 Å². The molecule has 0 atom stereocenters. The number of para-hydroxylation sites is 1. The van der Waals surface area contributed by atoms with Crippen molar-refractivity contribution < 1.29 is 0 Å². The first-order valence-electron chi connectivity index (χ1n) is 8.21. The van der Waals surface area contributed by atoms with Gasteiger partial charge in [-0.2, -0.15) is 0 Å². The highest BCUT2D eigenvalue weighted by atomic mass is 14.9. The molecule has 0 unspecified atom stereocenters. The zero-order valence-electron chi connectivity index (χ0n) is 14.5. The third kappa shape index (κ3) is 3.27. The fraction of sp³-hybridized carbons (Fsp3) is 0.400. The SMILES string of the molecule is CCC(CC)Nc1cccc(-c2c(C)cc(C)cc2C)c1N. The van der Waals surface area contributed by atoms with Crippen molar-refractivity contribution >= 4 is 11.4 Å². The van der Waals surface area contributed by atoms with Crippen molar-refractivity contribution in [1.82, 2.24) is 0 Å². The van der Waals surface area contributed by atoms with E-state index in [1.165, 1.54) is 22.3 Å². The van der Waals surface area contributed by atoms with Crippen LogP contribution in [0.15, 0.2) is 30.3 Å². The molecule has 0 spiro atoms. The zero-order chi connectivity index (χ0) is 16.3. The average molecular weight is 296 g/mol. The molecule has 0 fully saturated rings. The lowest BCUT2D eigenvalue weighted by molar-refractivity contribution is 0.672. The number of hydrogen-bond acceptors (Lipinski definition) is 2. The Labute approximate surface area is 134 Å². The monoisotopic (exact) mass is 296 g/mol. The Morgan fingerprint density at radius 1 is 1.00 bits per heavy atom. The van der Waals surface area contributed by atoms with E-state index in [-0.39, 0.29) is 0 Å². The minimum atomic E-state index is 0.470. The standard InChI is InChI=1S/C20H28N2/c1-6-16(7-2)22-18-10-8-9-17(20(18)21)19-14(4)11-13(3)12-15(19)5/h8-12,16,22H,6-7,21H2,1-5H3. The van der Waals surface area contributed by atoms with Gasteiger partial charge in [-0.3, -0.25) is 0 Å². The molecule has 0 aliphatic heterocycles. The van der Waals surface area contributed by atoms with Crippen molar-refractivity contribution in [2.45, 2.75) is 53.5 Å². The maximum absolute atomic E-state index is 6.49. The normalized spacial score (nSPS) is 11.0. The Hall–Kier alpha value is -1.96. The second kappa shape index (κ2) is 6.87. The third-order valence-corrected chi connectivity index (χ3v) is 4.40. The summed E-state index contributed by atoms with van der Waals surface area (Å²) in [6.45, 7) is 10.9. The van der Waals surface area contributed by atoms with Gasteiger partial charge >= 0.3 is 0 Å².